The largest absolute Gasteiger partial charge is 0.491 e. The number of rotatable bonds is 7. The van der Waals surface area contributed by atoms with Gasteiger partial charge >= 0.3 is 0 Å². The van der Waals surface area contributed by atoms with Crippen molar-refractivity contribution in [3.8, 4) is 5.75 Å². The Morgan fingerprint density at radius 2 is 1.67 bits per heavy atom. The molecule has 2 N–H and O–H groups in total. The van der Waals surface area contributed by atoms with Gasteiger partial charge in [-0.1, -0.05) is 0 Å². The van der Waals surface area contributed by atoms with Crippen molar-refractivity contribution in [3.05, 3.63) is 24.3 Å². The van der Waals surface area contributed by atoms with Crippen LogP contribution in [0.5, 0.6) is 5.75 Å². The van der Waals surface area contributed by atoms with Gasteiger partial charge in [0.25, 0.3) is 0 Å². The quantitative estimate of drug-likeness (QED) is 0.545. The van der Waals surface area contributed by atoms with Gasteiger partial charge in [0.15, 0.2) is 0 Å². The third-order valence-electron chi connectivity index (χ3n) is 1.81. The van der Waals surface area contributed by atoms with Crippen LogP contribution >= 0.6 is 0 Å². The highest BCUT2D eigenvalue weighted by Gasteiger charge is 1.93. The molecular weight excluding hydrogens is 194 g/mol. The summed E-state index contributed by atoms with van der Waals surface area (Å²) in [6.45, 7) is 2.31. The molecule has 15 heavy (non-hydrogen) atoms. The van der Waals surface area contributed by atoms with Crippen LogP contribution in [-0.2, 0) is 9.47 Å². The van der Waals surface area contributed by atoms with E-state index >= 15 is 0 Å². The first-order chi connectivity index (χ1) is 7.33. The van der Waals surface area contributed by atoms with Crippen molar-refractivity contribution in [1.29, 1.82) is 0 Å². The number of benzene rings is 1. The average Bonchev–Trinajstić information content (AvgIpc) is 2.26. The van der Waals surface area contributed by atoms with Crippen molar-refractivity contribution in [2.24, 2.45) is 0 Å². The molecule has 0 bridgehead atoms. The summed E-state index contributed by atoms with van der Waals surface area (Å²) in [5.74, 6) is 0.805. The van der Waals surface area contributed by atoms with Crippen LogP contribution in [0.15, 0.2) is 24.3 Å². The van der Waals surface area contributed by atoms with E-state index in [4.69, 9.17) is 19.9 Å². The summed E-state index contributed by atoms with van der Waals surface area (Å²) in [5, 5.41) is 0. The molecule has 0 aromatic heterocycles. The van der Waals surface area contributed by atoms with Gasteiger partial charge in [-0.05, 0) is 24.3 Å². The van der Waals surface area contributed by atoms with Crippen molar-refractivity contribution in [2.75, 3.05) is 39.3 Å². The maximum Gasteiger partial charge on any atom is 0.119 e. The molecule has 0 amide bonds. The van der Waals surface area contributed by atoms with E-state index in [2.05, 4.69) is 0 Å². The lowest BCUT2D eigenvalue weighted by Crippen LogP contribution is -2.09. The van der Waals surface area contributed by atoms with E-state index in [0.29, 0.717) is 26.4 Å². The predicted molar refractivity (Wildman–Crippen MR) is 59.0 cm³/mol. The minimum absolute atomic E-state index is 0.535. The summed E-state index contributed by atoms with van der Waals surface area (Å²) in [7, 11) is 1.65. The molecule has 1 aromatic carbocycles. The summed E-state index contributed by atoms with van der Waals surface area (Å²) >= 11 is 0. The third-order valence-corrected chi connectivity index (χ3v) is 1.81. The molecule has 0 aliphatic rings. The molecule has 0 heterocycles. The lowest BCUT2D eigenvalue weighted by Gasteiger charge is -2.06. The normalized spacial score (nSPS) is 10.2. The smallest absolute Gasteiger partial charge is 0.119 e. The fraction of sp³-hybridized carbons (Fsp3) is 0.455. The van der Waals surface area contributed by atoms with Crippen LogP contribution in [0.1, 0.15) is 0 Å². The first-order valence-corrected chi connectivity index (χ1v) is 4.88. The number of methoxy groups -OCH3 is 1. The van der Waals surface area contributed by atoms with Crippen molar-refractivity contribution in [3.63, 3.8) is 0 Å². The monoisotopic (exact) mass is 211 g/mol. The lowest BCUT2D eigenvalue weighted by atomic mass is 10.3. The fourth-order valence-corrected chi connectivity index (χ4v) is 1.03. The van der Waals surface area contributed by atoms with E-state index in [-0.39, 0.29) is 0 Å². The standard InChI is InChI=1S/C11H17NO3/c1-13-6-7-14-8-9-15-11-4-2-10(12)3-5-11/h2-5H,6-9,12H2,1H3. The van der Waals surface area contributed by atoms with Crippen LogP contribution in [-0.4, -0.2) is 33.5 Å². The zero-order valence-electron chi connectivity index (χ0n) is 8.94. The summed E-state index contributed by atoms with van der Waals surface area (Å²) in [6.07, 6.45) is 0. The molecule has 0 aliphatic carbocycles. The summed E-state index contributed by atoms with van der Waals surface area (Å²) < 4.78 is 15.5. The molecule has 0 fully saturated rings. The van der Waals surface area contributed by atoms with Crippen molar-refractivity contribution in [2.45, 2.75) is 0 Å². The highest BCUT2D eigenvalue weighted by molar-refractivity contribution is 5.41. The van der Waals surface area contributed by atoms with Gasteiger partial charge in [0.05, 0.1) is 19.8 Å². The topological polar surface area (TPSA) is 53.7 Å². The van der Waals surface area contributed by atoms with E-state index in [1.807, 2.05) is 12.1 Å². The van der Waals surface area contributed by atoms with E-state index in [0.717, 1.165) is 11.4 Å². The Balaban J connectivity index is 2.07. The molecule has 0 unspecified atom stereocenters. The molecule has 0 atom stereocenters. The summed E-state index contributed by atoms with van der Waals surface area (Å²) in [6, 6.07) is 7.29. The Morgan fingerprint density at radius 1 is 1.00 bits per heavy atom. The van der Waals surface area contributed by atoms with Crippen molar-refractivity contribution < 1.29 is 14.2 Å². The Kier molecular flexibility index (Phi) is 5.58. The molecule has 0 aliphatic heterocycles. The first-order valence-electron chi connectivity index (χ1n) is 4.88. The summed E-state index contributed by atoms with van der Waals surface area (Å²) in [5.41, 5.74) is 6.28. The third kappa shape index (κ3) is 5.24. The molecule has 1 aromatic rings. The highest BCUT2D eigenvalue weighted by Crippen LogP contribution is 2.12. The van der Waals surface area contributed by atoms with Crippen LogP contribution in [0.25, 0.3) is 0 Å². The molecule has 1 rings (SSSR count). The highest BCUT2D eigenvalue weighted by atomic mass is 16.5. The second-order valence-electron chi connectivity index (χ2n) is 3.02. The van der Waals surface area contributed by atoms with E-state index in [1.54, 1.807) is 19.2 Å². The summed E-state index contributed by atoms with van der Waals surface area (Å²) in [4.78, 5) is 0. The van der Waals surface area contributed by atoms with Gasteiger partial charge in [0, 0.05) is 12.8 Å². The van der Waals surface area contributed by atoms with Gasteiger partial charge in [0.1, 0.15) is 12.4 Å². The van der Waals surface area contributed by atoms with Gasteiger partial charge in [-0.25, -0.2) is 0 Å². The molecule has 0 radical (unpaired) electrons. The molecule has 0 spiro atoms. The second kappa shape index (κ2) is 7.09. The van der Waals surface area contributed by atoms with Gasteiger partial charge in [0.2, 0.25) is 0 Å². The van der Waals surface area contributed by atoms with Crippen LogP contribution in [0, 0.1) is 0 Å². The van der Waals surface area contributed by atoms with E-state index in [1.165, 1.54) is 0 Å². The predicted octanol–water partition coefficient (Wildman–Crippen LogP) is 1.31. The van der Waals surface area contributed by atoms with Crippen LogP contribution in [0.4, 0.5) is 5.69 Å². The van der Waals surface area contributed by atoms with Gasteiger partial charge in [-0.15, -0.1) is 0 Å². The second-order valence-corrected chi connectivity index (χ2v) is 3.02. The minimum atomic E-state index is 0.535. The van der Waals surface area contributed by atoms with E-state index in [9.17, 15) is 0 Å². The SMILES string of the molecule is COCCOCCOc1ccc(N)cc1. The van der Waals surface area contributed by atoms with Gasteiger partial charge < -0.3 is 19.9 Å². The average molecular weight is 211 g/mol. The lowest BCUT2D eigenvalue weighted by molar-refractivity contribution is 0.0544. The Labute approximate surface area is 89.9 Å². The van der Waals surface area contributed by atoms with E-state index < -0.39 is 0 Å². The van der Waals surface area contributed by atoms with Gasteiger partial charge in [-0.3, -0.25) is 0 Å². The maximum atomic E-state index is 5.54. The Morgan fingerprint density at radius 3 is 2.33 bits per heavy atom. The first kappa shape index (κ1) is 11.8. The number of ether oxygens (including phenoxy) is 3. The zero-order valence-corrected chi connectivity index (χ0v) is 8.94. The molecular formula is C11H17NO3. The Bertz CT molecular complexity index is 261. The molecule has 0 saturated carbocycles. The molecule has 84 valence electrons. The fourth-order valence-electron chi connectivity index (χ4n) is 1.03. The molecule has 4 nitrogen and oxygen atoms in total. The molecule has 4 heteroatoms. The van der Waals surface area contributed by atoms with Crippen molar-refractivity contribution in [1.82, 2.24) is 0 Å². The number of hydrogen-bond donors (Lipinski definition) is 1. The number of anilines is 1. The van der Waals surface area contributed by atoms with Crippen LogP contribution < -0.4 is 10.5 Å². The van der Waals surface area contributed by atoms with Crippen LogP contribution in [0.3, 0.4) is 0 Å². The van der Waals surface area contributed by atoms with Crippen LogP contribution in [0.2, 0.25) is 0 Å². The van der Waals surface area contributed by atoms with Gasteiger partial charge in [-0.2, -0.15) is 0 Å². The molecule has 0 saturated heterocycles. The number of nitrogen functional groups attached to an aromatic ring is 1. The zero-order chi connectivity index (χ0) is 10.9. The Hall–Kier alpha value is -1.26. The number of nitrogens with two attached hydrogens (primary N) is 1. The minimum Gasteiger partial charge on any atom is -0.491 e. The van der Waals surface area contributed by atoms with Crippen molar-refractivity contribution >= 4 is 5.69 Å². The maximum absolute atomic E-state index is 5.54. The number of hydrogen-bond acceptors (Lipinski definition) is 4.